The minimum atomic E-state index is -1.28. The molecule has 0 saturated carbocycles. The summed E-state index contributed by atoms with van der Waals surface area (Å²) in [5.41, 5.74) is 4.82. The molecule has 1 unspecified atom stereocenters. The molecule has 0 aliphatic carbocycles. The van der Waals surface area contributed by atoms with Crippen LogP contribution < -0.4 is 11.1 Å². The molecule has 1 aromatic rings. The van der Waals surface area contributed by atoms with Crippen molar-refractivity contribution >= 4 is 11.9 Å². The molecule has 0 aromatic heterocycles. The van der Waals surface area contributed by atoms with Crippen LogP contribution in [0.5, 0.6) is 0 Å². The third-order valence-corrected chi connectivity index (χ3v) is 3.23. The summed E-state index contributed by atoms with van der Waals surface area (Å²) in [6.45, 7) is 6.83. The number of carbonyl (C=O) groups excluding carboxylic acids is 1. The summed E-state index contributed by atoms with van der Waals surface area (Å²) in [6.07, 6.45) is 0. The summed E-state index contributed by atoms with van der Waals surface area (Å²) in [7, 11) is 0. The molecule has 0 spiro atoms. The number of amides is 1. The number of aliphatic carboxylic acids is 1. The van der Waals surface area contributed by atoms with Crippen LogP contribution in [0.3, 0.4) is 0 Å². The van der Waals surface area contributed by atoms with Gasteiger partial charge in [0.25, 0.3) is 0 Å². The largest absolute Gasteiger partial charge is 0.480 e. The average Bonchev–Trinajstić information content (AvgIpc) is 2.34. The maximum Gasteiger partial charge on any atom is 0.326 e. The Hall–Kier alpha value is -1.88. The third kappa shape index (κ3) is 3.57. The highest BCUT2D eigenvalue weighted by molar-refractivity contribution is 5.90. The Morgan fingerprint density at radius 2 is 1.65 bits per heavy atom. The molecule has 5 nitrogen and oxygen atoms in total. The zero-order valence-electron chi connectivity index (χ0n) is 12.3. The molecule has 0 aliphatic heterocycles. The van der Waals surface area contributed by atoms with E-state index >= 15 is 0 Å². The van der Waals surface area contributed by atoms with Crippen LogP contribution in [0, 0.1) is 5.41 Å². The van der Waals surface area contributed by atoms with E-state index in [2.05, 4.69) is 5.32 Å². The standard InChI is InChI=1S/C15H22N2O3/c1-14(2,3)11(12(18)19)17-13(20)15(4,16)10-8-6-5-7-9-10/h5-9,11H,16H2,1-4H3,(H,17,20)(H,18,19)/t11-,15?/m0/s1. The fraction of sp³-hybridized carbons (Fsp3) is 0.467. The second-order valence-electron chi connectivity index (χ2n) is 6.18. The van der Waals surface area contributed by atoms with E-state index in [1.54, 1.807) is 52.0 Å². The van der Waals surface area contributed by atoms with Gasteiger partial charge in [-0.05, 0) is 17.9 Å². The van der Waals surface area contributed by atoms with Gasteiger partial charge in [-0.1, -0.05) is 51.1 Å². The topological polar surface area (TPSA) is 92.4 Å². The lowest BCUT2D eigenvalue weighted by molar-refractivity contribution is -0.145. The van der Waals surface area contributed by atoms with Crippen molar-refractivity contribution < 1.29 is 14.7 Å². The summed E-state index contributed by atoms with van der Waals surface area (Å²) in [5, 5.41) is 11.8. The predicted octanol–water partition coefficient (Wildman–Crippen LogP) is 1.48. The first-order valence-electron chi connectivity index (χ1n) is 6.45. The fourth-order valence-corrected chi connectivity index (χ4v) is 1.85. The average molecular weight is 278 g/mol. The van der Waals surface area contributed by atoms with Crippen LogP contribution >= 0.6 is 0 Å². The molecule has 1 rings (SSSR count). The lowest BCUT2D eigenvalue weighted by Crippen LogP contribution is -2.57. The molecule has 0 heterocycles. The molecule has 0 bridgehead atoms. The molecular weight excluding hydrogens is 256 g/mol. The van der Waals surface area contributed by atoms with Crippen molar-refractivity contribution in [3.05, 3.63) is 35.9 Å². The third-order valence-electron chi connectivity index (χ3n) is 3.23. The zero-order valence-corrected chi connectivity index (χ0v) is 12.3. The number of carboxylic acids is 1. The molecule has 0 radical (unpaired) electrons. The molecule has 4 N–H and O–H groups in total. The maximum absolute atomic E-state index is 12.3. The molecule has 2 atom stereocenters. The van der Waals surface area contributed by atoms with Crippen molar-refractivity contribution in [2.24, 2.45) is 11.1 Å². The van der Waals surface area contributed by atoms with E-state index < -0.39 is 28.9 Å². The van der Waals surface area contributed by atoms with Crippen LogP contribution in [0.2, 0.25) is 0 Å². The van der Waals surface area contributed by atoms with Crippen LogP contribution in [0.1, 0.15) is 33.3 Å². The Kier molecular flexibility index (Phi) is 4.55. The monoisotopic (exact) mass is 278 g/mol. The Morgan fingerprint density at radius 3 is 2.05 bits per heavy atom. The number of nitrogens with two attached hydrogens (primary N) is 1. The predicted molar refractivity (Wildman–Crippen MR) is 77.0 cm³/mol. The molecule has 1 amide bonds. The molecule has 110 valence electrons. The second-order valence-corrected chi connectivity index (χ2v) is 6.18. The van der Waals surface area contributed by atoms with E-state index in [-0.39, 0.29) is 0 Å². The Morgan fingerprint density at radius 1 is 1.15 bits per heavy atom. The van der Waals surface area contributed by atoms with Crippen molar-refractivity contribution in [2.75, 3.05) is 0 Å². The lowest BCUT2D eigenvalue weighted by Gasteiger charge is -2.32. The SMILES string of the molecule is CC(N)(C(=O)N[C@@H](C(=O)O)C(C)(C)C)c1ccccc1. The van der Waals surface area contributed by atoms with Crippen molar-refractivity contribution in [2.45, 2.75) is 39.3 Å². The molecule has 0 fully saturated rings. The van der Waals surface area contributed by atoms with Crippen LogP contribution in [0.4, 0.5) is 0 Å². The van der Waals surface area contributed by atoms with Crippen LogP contribution in [0.25, 0.3) is 0 Å². The van der Waals surface area contributed by atoms with Gasteiger partial charge in [0.2, 0.25) is 5.91 Å². The maximum atomic E-state index is 12.3. The van der Waals surface area contributed by atoms with Gasteiger partial charge in [0.05, 0.1) is 0 Å². The second kappa shape index (κ2) is 5.63. The molecule has 20 heavy (non-hydrogen) atoms. The summed E-state index contributed by atoms with van der Waals surface area (Å²) < 4.78 is 0. The van der Waals surface area contributed by atoms with Crippen LogP contribution in [-0.2, 0) is 15.1 Å². The fourth-order valence-electron chi connectivity index (χ4n) is 1.85. The quantitative estimate of drug-likeness (QED) is 0.777. The smallest absolute Gasteiger partial charge is 0.326 e. The van der Waals surface area contributed by atoms with Crippen molar-refractivity contribution in [1.82, 2.24) is 5.32 Å². The lowest BCUT2D eigenvalue weighted by atomic mass is 9.85. The normalized spacial score (nSPS) is 16.1. The first-order valence-corrected chi connectivity index (χ1v) is 6.45. The van der Waals surface area contributed by atoms with E-state index in [4.69, 9.17) is 5.73 Å². The minimum Gasteiger partial charge on any atom is -0.480 e. The number of carbonyl (C=O) groups is 2. The van der Waals surface area contributed by atoms with E-state index in [9.17, 15) is 14.7 Å². The highest BCUT2D eigenvalue weighted by Gasteiger charge is 2.38. The summed E-state index contributed by atoms with van der Waals surface area (Å²) >= 11 is 0. The number of carboxylic acid groups (broad SMARTS) is 1. The van der Waals surface area contributed by atoms with E-state index in [0.717, 1.165) is 0 Å². The van der Waals surface area contributed by atoms with Crippen molar-refractivity contribution in [1.29, 1.82) is 0 Å². The van der Waals surface area contributed by atoms with Gasteiger partial charge in [-0.15, -0.1) is 0 Å². The first-order chi connectivity index (χ1) is 9.06. The van der Waals surface area contributed by atoms with Crippen LogP contribution in [-0.4, -0.2) is 23.0 Å². The molecule has 5 heteroatoms. The summed E-state index contributed by atoms with van der Waals surface area (Å²) in [4.78, 5) is 23.6. The Labute approximate surface area is 119 Å². The van der Waals surface area contributed by atoms with E-state index in [0.29, 0.717) is 5.56 Å². The summed E-state index contributed by atoms with van der Waals surface area (Å²) in [5.74, 6) is -1.58. The van der Waals surface area contributed by atoms with Gasteiger partial charge < -0.3 is 16.2 Å². The highest BCUT2D eigenvalue weighted by Crippen LogP contribution is 2.22. The number of rotatable bonds is 4. The number of hydrogen-bond donors (Lipinski definition) is 3. The molecule has 0 saturated heterocycles. The minimum absolute atomic E-state index is 0.508. The van der Waals surface area contributed by atoms with Crippen LogP contribution in [0.15, 0.2) is 30.3 Å². The molecule has 1 aromatic carbocycles. The number of benzene rings is 1. The van der Waals surface area contributed by atoms with Gasteiger partial charge in [0, 0.05) is 0 Å². The van der Waals surface area contributed by atoms with E-state index in [1.165, 1.54) is 0 Å². The Bertz CT molecular complexity index is 490. The summed E-state index contributed by atoms with van der Waals surface area (Å²) in [6, 6.07) is 7.88. The highest BCUT2D eigenvalue weighted by atomic mass is 16.4. The van der Waals surface area contributed by atoms with Gasteiger partial charge in [0.15, 0.2) is 0 Å². The Balaban J connectivity index is 2.98. The van der Waals surface area contributed by atoms with Gasteiger partial charge in [-0.25, -0.2) is 4.79 Å². The van der Waals surface area contributed by atoms with Gasteiger partial charge in [0.1, 0.15) is 11.6 Å². The van der Waals surface area contributed by atoms with Gasteiger partial charge in [-0.3, -0.25) is 4.79 Å². The first kappa shape index (κ1) is 16.2. The van der Waals surface area contributed by atoms with E-state index in [1.807, 2.05) is 6.07 Å². The van der Waals surface area contributed by atoms with Crippen molar-refractivity contribution in [3.63, 3.8) is 0 Å². The van der Waals surface area contributed by atoms with Gasteiger partial charge in [-0.2, -0.15) is 0 Å². The zero-order chi connectivity index (χ0) is 15.6. The number of nitrogens with one attached hydrogen (secondary N) is 1. The number of hydrogen-bond acceptors (Lipinski definition) is 3. The van der Waals surface area contributed by atoms with Crippen molar-refractivity contribution in [3.8, 4) is 0 Å². The molecular formula is C15H22N2O3. The molecule has 0 aliphatic rings. The van der Waals surface area contributed by atoms with Gasteiger partial charge >= 0.3 is 5.97 Å².